The van der Waals surface area contributed by atoms with E-state index in [1.165, 1.54) is 0 Å². The molecule has 0 bridgehead atoms. The topological polar surface area (TPSA) is 90.5 Å². The van der Waals surface area contributed by atoms with Crippen LogP contribution in [-0.2, 0) is 4.79 Å². The molecule has 0 aliphatic carbocycles. The van der Waals surface area contributed by atoms with Gasteiger partial charge < -0.3 is 21.1 Å². The maximum Gasteiger partial charge on any atom is 0.314 e. The summed E-state index contributed by atoms with van der Waals surface area (Å²) in [5.41, 5.74) is 0. The lowest BCUT2D eigenvalue weighted by atomic mass is 10.2. The molecule has 0 aliphatic rings. The second-order valence-electron chi connectivity index (χ2n) is 3.84. The SMILES string of the molecule is CNCCCNC(=O)NCCCCCC(=O)O. The highest BCUT2D eigenvalue weighted by atomic mass is 16.4. The molecule has 0 rings (SSSR count). The average Bonchev–Trinajstić information content (AvgIpc) is 2.29. The van der Waals surface area contributed by atoms with Crippen molar-refractivity contribution in [2.75, 3.05) is 26.7 Å². The number of aliphatic carboxylic acids is 1. The fraction of sp³-hybridized carbons (Fsp3) is 0.818. The molecular weight excluding hydrogens is 222 g/mol. The van der Waals surface area contributed by atoms with Crippen LogP contribution in [0, 0.1) is 0 Å². The molecular formula is C11H23N3O3. The van der Waals surface area contributed by atoms with Crippen LogP contribution < -0.4 is 16.0 Å². The smallest absolute Gasteiger partial charge is 0.314 e. The Morgan fingerprint density at radius 3 is 2.18 bits per heavy atom. The lowest BCUT2D eigenvalue weighted by Gasteiger charge is -2.07. The van der Waals surface area contributed by atoms with Crippen LogP contribution in [0.3, 0.4) is 0 Å². The molecule has 0 heterocycles. The van der Waals surface area contributed by atoms with Crippen molar-refractivity contribution in [2.45, 2.75) is 32.1 Å². The van der Waals surface area contributed by atoms with Gasteiger partial charge in [0.1, 0.15) is 0 Å². The first kappa shape index (κ1) is 15.7. The van der Waals surface area contributed by atoms with Crippen molar-refractivity contribution in [3.05, 3.63) is 0 Å². The van der Waals surface area contributed by atoms with Crippen molar-refractivity contribution in [3.8, 4) is 0 Å². The van der Waals surface area contributed by atoms with E-state index < -0.39 is 5.97 Å². The Hall–Kier alpha value is -1.30. The van der Waals surface area contributed by atoms with Crippen LogP contribution in [0.1, 0.15) is 32.1 Å². The molecule has 0 saturated carbocycles. The van der Waals surface area contributed by atoms with E-state index in [-0.39, 0.29) is 12.5 Å². The van der Waals surface area contributed by atoms with Gasteiger partial charge in [0.05, 0.1) is 0 Å². The van der Waals surface area contributed by atoms with Crippen LogP contribution in [0.15, 0.2) is 0 Å². The quantitative estimate of drug-likeness (QED) is 0.423. The predicted molar refractivity (Wildman–Crippen MR) is 66.0 cm³/mol. The summed E-state index contributed by atoms with van der Waals surface area (Å²) in [4.78, 5) is 21.4. The van der Waals surface area contributed by atoms with Crippen LogP contribution in [0.2, 0.25) is 0 Å². The number of carbonyl (C=O) groups is 2. The number of nitrogens with one attached hydrogen (secondary N) is 3. The molecule has 17 heavy (non-hydrogen) atoms. The summed E-state index contributed by atoms with van der Waals surface area (Å²) >= 11 is 0. The molecule has 0 aromatic heterocycles. The zero-order chi connectivity index (χ0) is 12.9. The van der Waals surface area contributed by atoms with Gasteiger partial charge in [-0.1, -0.05) is 6.42 Å². The third kappa shape index (κ3) is 12.6. The molecule has 6 nitrogen and oxygen atoms in total. The monoisotopic (exact) mass is 245 g/mol. The van der Waals surface area contributed by atoms with Crippen molar-refractivity contribution >= 4 is 12.0 Å². The fourth-order valence-electron chi connectivity index (χ4n) is 1.31. The van der Waals surface area contributed by atoms with Crippen molar-refractivity contribution < 1.29 is 14.7 Å². The van der Waals surface area contributed by atoms with Crippen LogP contribution in [-0.4, -0.2) is 43.8 Å². The number of amides is 2. The minimum Gasteiger partial charge on any atom is -0.481 e. The number of unbranched alkanes of at least 4 members (excludes halogenated alkanes) is 2. The highest BCUT2D eigenvalue weighted by Gasteiger charge is 1.99. The van der Waals surface area contributed by atoms with E-state index in [4.69, 9.17) is 5.11 Å². The van der Waals surface area contributed by atoms with Gasteiger partial charge in [0.2, 0.25) is 0 Å². The fourth-order valence-corrected chi connectivity index (χ4v) is 1.31. The number of hydrogen-bond acceptors (Lipinski definition) is 3. The molecule has 0 aromatic rings. The molecule has 100 valence electrons. The lowest BCUT2D eigenvalue weighted by Crippen LogP contribution is -2.37. The number of hydrogen-bond donors (Lipinski definition) is 4. The van der Waals surface area contributed by atoms with E-state index in [1.807, 2.05) is 7.05 Å². The minimum atomic E-state index is -0.764. The highest BCUT2D eigenvalue weighted by molar-refractivity contribution is 5.73. The van der Waals surface area contributed by atoms with Crippen LogP contribution in [0.5, 0.6) is 0 Å². The number of rotatable bonds is 10. The van der Waals surface area contributed by atoms with Gasteiger partial charge in [-0.2, -0.15) is 0 Å². The van der Waals surface area contributed by atoms with Gasteiger partial charge >= 0.3 is 12.0 Å². The maximum atomic E-state index is 11.2. The predicted octanol–water partition coefficient (Wildman–Crippen LogP) is 0.540. The summed E-state index contributed by atoms with van der Waals surface area (Å²) in [6, 6.07) is -0.153. The molecule has 0 atom stereocenters. The maximum absolute atomic E-state index is 11.2. The van der Waals surface area contributed by atoms with Crippen molar-refractivity contribution in [1.82, 2.24) is 16.0 Å². The molecule has 6 heteroatoms. The lowest BCUT2D eigenvalue weighted by molar-refractivity contribution is -0.137. The van der Waals surface area contributed by atoms with E-state index in [9.17, 15) is 9.59 Å². The summed E-state index contributed by atoms with van der Waals surface area (Å²) in [5, 5.41) is 16.9. The van der Waals surface area contributed by atoms with Crippen LogP contribution in [0.25, 0.3) is 0 Å². The normalized spacial score (nSPS) is 9.94. The molecule has 0 saturated heterocycles. The Kier molecular flexibility index (Phi) is 10.3. The third-order valence-corrected chi connectivity index (χ3v) is 2.24. The standard InChI is InChI=1S/C11H23N3O3/c1-12-7-5-9-14-11(17)13-8-4-2-3-6-10(15)16/h12H,2-9H2,1H3,(H,15,16)(H2,13,14,17). The number of carboxylic acids is 1. The molecule has 2 amide bonds. The third-order valence-electron chi connectivity index (χ3n) is 2.24. The van der Waals surface area contributed by atoms with Gasteiger partial charge in [0.15, 0.2) is 0 Å². The average molecular weight is 245 g/mol. The Labute approximate surface area is 102 Å². The van der Waals surface area contributed by atoms with E-state index >= 15 is 0 Å². The largest absolute Gasteiger partial charge is 0.481 e. The summed E-state index contributed by atoms with van der Waals surface area (Å²) in [6.45, 7) is 2.14. The van der Waals surface area contributed by atoms with Crippen LogP contribution >= 0.6 is 0 Å². The summed E-state index contributed by atoms with van der Waals surface area (Å²) in [7, 11) is 1.87. The number of carbonyl (C=O) groups excluding carboxylic acids is 1. The molecule has 0 radical (unpaired) electrons. The molecule has 0 unspecified atom stereocenters. The van der Waals surface area contributed by atoms with E-state index in [1.54, 1.807) is 0 Å². The van der Waals surface area contributed by atoms with E-state index in [0.29, 0.717) is 19.5 Å². The Morgan fingerprint density at radius 2 is 1.59 bits per heavy atom. The Balaban J connectivity index is 3.19. The summed E-state index contributed by atoms with van der Waals surface area (Å²) in [6.07, 6.45) is 3.42. The van der Waals surface area contributed by atoms with Crippen molar-refractivity contribution in [1.29, 1.82) is 0 Å². The van der Waals surface area contributed by atoms with Crippen LogP contribution in [0.4, 0.5) is 4.79 Å². The highest BCUT2D eigenvalue weighted by Crippen LogP contribution is 1.98. The second-order valence-corrected chi connectivity index (χ2v) is 3.84. The molecule has 4 N–H and O–H groups in total. The van der Waals surface area contributed by atoms with Gasteiger partial charge in [-0.3, -0.25) is 4.79 Å². The Bertz CT molecular complexity index is 222. The molecule has 0 fully saturated rings. The zero-order valence-corrected chi connectivity index (χ0v) is 10.4. The first-order valence-corrected chi connectivity index (χ1v) is 6.05. The van der Waals surface area contributed by atoms with E-state index in [2.05, 4.69) is 16.0 Å². The molecule has 0 aliphatic heterocycles. The minimum absolute atomic E-state index is 0.153. The van der Waals surface area contributed by atoms with Gasteiger partial charge in [0.25, 0.3) is 0 Å². The first-order chi connectivity index (χ1) is 8.16. The zero-order valence-electron chi connectivity index (χ0n) is 10.4. The van der Waals surface area contributed by atoms with Gasteiger partial charge in [0, 0.05) is 19.5 Å². The van der Waals surface area contributed by atoms with Gasteiger partial charge in [-0.25, -0.2) is 4.79 Å². The van der Waals surface area contributed by atoms with E-state index in [0.717, 1.165) is 25.8 Å². The summed E-state index contributed by atoms with van der Waals surface area (Å²) in [5.74, 6) is -0.764. The first-order valence-electron chi connectivity index (χ1n) is 6.05. The number of carboxylic acid groups (broad SMARTS) is 1. The molecule has 0 spiro atoms. The van der Waals surface area contributed by atoms with Crippen molar-refractivity contribution in [2.24, 2.45) is 0 Å². The second kappa shape index (κ2) is 11.2. The Morgan fingerprint density at radius 1 is 0.941 bits per heavy atom. The summed E-state index contributed by atoms with van der Waals surface area (Å²) < 4.78 is 0. The number of urea groups is 1. The molecule has 0 aromatic carbocycles. The van der Waals surface area contributed by atoms with Gasteiger partial charge in [-0.15, -0.1) is 0 Å². The van der Waals surface area contributed by atoms with Gasteiger partial charge in [-0.05, 0) is 32.9 Å². The van der Waals surface area contributed by atoms with Crippen molar-refractivity contribution in [3.63, 3.8) is 0 Å².